The molecule has 3 rings (SSSR count). The SMILES string of the molecule is CC(C)(NC(=O)c1ccc2cc(Br)ccc2c1)C1CC1. The van der Waals surface area contributed by atoms with Gasteiger partial charge < -0.3 is 5.32 Å². The predicted octanol–water partition coefficient (Wildman–Crippen LogP) is 4.52. The Hall–Kier alpha value is -1.35. The summed E-state index contributed by atoms with van der Waals surface area (Å²) < 4.78 is 1.05. The molecule has 0 heterocycles. The van der Waals surface area contributed by atoms with Crippen molar-refractivity contribution in [3.63, 3.8) is 0 Å². The number of carbonyl (C=O) groups is 1. The molecule has 3 heteroatoms. The Morgan fingerprint density at radius 1 is 1.15 bits per heavy atom. The van der Waals surface area contributed by atoms with Crippen LogP contribution in [-0.2, 0) is 0 Å². The molecule has 1 fully saturated rings. The number of hydrogen-bond donors (Lipinski definition) is 1. The lowest BCUT2D eigenvalue weighted by Crippen LogP contribution is -2.45. The highest BCUT2D eigenvalue weighted by molar-refractivity contribution is 9.10. The van der Waals surface area contributed by atoms with Gasteiger partial charge in [0.05, 0.1) is 0 Å². The molecular formula is C17H18BrNO. The molecule has 1 N–H and O–H groups in total. The van der Waals surface area contributed by atoms with Crippen LogP contribution in [0.3, 0.4) is 0 Å². The fourth-order valence-corrected chi connectivity index (χ4v) is 3.01. The van der Waals surface area contributed by atoms with Crippen molar-refractivity contribution in [3.8, 4) is 0 Å². The van der Waals surface area contributed by atoms with Crippen molar-refractivity contribution in [1.29, 1.82) is 0 Å². The van der Waals surface area contributed by atoms with E-state index in [1.165, 1.54) is 12.8 Å². The van der Waals surface area contributed by atoms with Gasteiger partial charge in [-0.2, -0.15) is 0 Å². The monoisotopic (exact) mass is 331 g/mol. The van der Waals surface area contributed by atoms with E-state index in [4.69, 9.17) is 0 Å². The molecule has 0 bridgehead atoms. The lowest BCUT2D eigenvalue weighted by atomic mass is 9.97. The van der Waals surface area contributed by atoms with E-state index in [0.29, 0.717) is 5.92 Å². The summed E-state index contributed by atoms with van der Waals surface area (Å²) in [5.74, 6) is 0.648. The molecule has 2 aromatic rings. The molecule has 0 unspecified atom stereocenters. The van der Waals surface area contributed by atoms with Crippen molar-refractivity contribution in [1.82, 2.24) is 5.32 Å². The van der Waals surface area contributed by atoms with Gasteiger partial charge in [0, 0.05) is 15.6 Å². The van der Waals surface area contributed by atoms with E-state index < -0.39 is 0 Å². The number of nitrogens with one attached hydrogen (secondary N) is 1. The summed E-state index contributed by atoms with van der Waals surface area (Å²) in [6.07, 6.45) is 2.44. The van der Waals surface area contributed by atoms with Crippen LogP contribution in [0.4, 0.5) is 0 Å². The minimum absolute atomic E-state index is 0.0201. The maximum atomic E-state index is 12.4. The normalized spacial score (nSPS) is 15.3. The fourth-order valence-electron chi connectivity index (χ4n) is 2.63. The molecule has 1 amide bonds. The van der Waals surface area contributed by atoms with Crippen molar-refractivity contribution < 1.29 is 4.79 Å². The summed E-state index contributed by atoms with van der Waals surface area (Å²) in [4.78, 5) is 12.4. The Morgan fingerprint density at radius 2 is 1.80 bits per heavy atom. The molecule has 1 aliphatic carbocycles. The zero-order valence-corrected chi connectivity index (χ0v) is 13.3. The quantitative estimate of drug-likeness (QED) is 0.880. The summed E-state index contributed by atoms with van der Waals surface area (Å²) >= 11 is 3.46. The van der Waals surface area contributed by atoms with Gasteiger partial charge in [0.1, 0.15) is 0 Å². The molecule has 1 aliphatic rings. The Kier molecular flexibility index (Phi) is 3.33. The Labute approximate surface area is 127 Å². The lowest BCUT2D eigenvalue weighted by Gasteiger charge is -2.26. The largest absolute Gasteiger partial charge is 0.347 e. The molecule has 0 radical (unpaired) electrons. The van der Waals surface area contributed by atoms with Gasteiger partial charge in [-0.25, -0.2) is 0 Å². The maximum Gasteiger partial charge on any atom is 0.251 e. The van der Waals surface area contributed by atoms with E-state index in [-0.39, 0.29) is 11.4 Å². The van der Waals surface area contributed by atoms with Crippen molar-refractivity contribution in [2.24, 2.45) is 5.92 Å². The second-order valence-electron chi connectivity index (χ2n) is 6.16. The molecule has 20 heavy (non-hydrogen) atoms. The van der Waals surface area contributed by atoms with Gasteiger partial charge in [-0.05, 0) is 67.6 Å². The van der Waals surface area contributed by atoms with Gasteiger partial charge in [-0.3, -0.25) is 4.79 Å². The number of carbonyl (C=O) groups excluding carboxylic acids is 1. The van der Waals surface area contributed by atoms with E-state index in [1.54, 1.807) is 0 Å². The van der Waals surface area contributed by atoms with Gasteiger partial charge in [0.15, 0.2) is 0 Å². The Balaban J connectivity index is 1.86. The number of rotatable bonds is 3. The van der Waals surface area contributed by atoms with Crippen LogP contribution in [0.1, 0.15) is 37.0 Å². The third-order valence-electron chi connectivity index (χ3n) is 4.10. The minimum atomic E-state index is -0.105. The summed E-state index contributed by atoms with van der Waals surface area (Å²) in [7, 11) is 0. The smallest absolute Gasteiger partial charge is 0.251 e. The number of benzene rings is 2. The molecule has 2 aromatic carbocycles. The van der Waals surface area contributed by atoms with Crippen LogP contribution in [-0.4, -0.2) is 11.4 Å². The molecule has 104 valence electrons. The van der Waals surface area contributed by atoms with Crippen LogP contribution in [0.5, 0.6) is 0 Å². The Bertz CT molecular complexity index is 674. The third kappa shape index (κ3) is 2.73. The molecule has 2 nitrogen and oxygen atoms in total. The first-order valence-corrected chi connectivity index (χ1v) is 7.77. The summed E-state index contributed by atoms with van der Waals surface area (Å²) in [6, 6.07) is 11.9. The van der Waals surface area contributed by atoms with Crippen molar-refractivity contribution in [2.45, 2.75) is 32.2 Å². The topological polar surface area (TPSA) is 29.1 Å². The molecular weight excluding hydrogens is 314 g/mol. The zero-order chi connectivity index (χ0) is 14.3. The van der Waals surface area contributed by atoms with Gasteiger partial charge >= 0.3 is 0 Å². The van der Waals surface area contributed by atoms with Crippen LogP contribution >= 0.6 is 15.9 Å². The highest BCUT2D eigenvalue weighted by atomic mass is 79.9. The molecule has 1 saturated carbocycles. The number of halogens is 1. The fraction of sp³-hybridized carbons (Fsp3) is 0.353. The number of fused-ring (bicyclic) bond motifs is 1. The maximum absolute atomic E-state index is 12.4. The van der Waals surface area contributed by atoms with E-state index in [9.17, 15) is 4.79 Å². The second kappa shape index (κ2) is 4.88. The first kappa shape index (κ1) is 13.6. The average Bonchev–Trinajstić information content (AvgIpc) is 3.22. The van der Waals surface area contributed by atoms with Crippen LogP contribution in [0.2, 0.25) is 0 Å². The first-order valence-electron chi connectivity index (χ1n) is 6.97. The molecule has 0 aromatic heterocycles. The van der Waals surface area contributed by atoms with Crippen molar-refractivity contribution in [2.75, 3.05) is 0 Å². The van der Waals surface area contributed by atoms with Crippen LogP contribution < -0.4 is 5.32 Å². The first-order chi connectivity index (χ1) is 9.45. The van der Waals surface area contributed by atoms with Crippen molar-refractivity contribution >= 4 is 32.6 Å². The van der Waals surface area contributed by atoms with Crippen LogP contribution in [0, 0.1) is 5.92 Å². The van der Waals surface area contributed by atoms with Crippen LogP contribution in [0.25, 0.3) is 10.8 Å². The summed E-state index contributed by atoms with van der Waals surface area (Å²) in [5.41, 5.74) is 0.625. The zero-order valence-electron chi connectivity index (χ0n) is 11.7. The lowest BCUT2D eigenvalue weighted by molar-refractivity contribution is 0.0903. The molecule has 0 spiro atoms. The molecule has 0 atom stereocenters. The van der Waals surface area contributed by atoms with E-state index >= 15 is 0 Å². The second-order valence-corrected chi connectivity index (χ2v) is 7.07. The van der Waals surface area contributed by atoms with Gasteiger partial charge in [-0.15, -0.1) is 0 Å². The molecule has 0 saturated heterocycles. The third-order valence-corrected chi connectivity index (χ3v) is 4.59. The molecule has 0 aliphatic heterocycles. The summed E-state index contributed by atoms with van der Waals surface area (Å²) in [6.45, 7) is 4.22. The van der Waals surface area contributed by atoms with Crippen molar-refractivity contribution in [3.05, 3.63) is 46.4 Å². The average molecular weight is 332 g/mol. The number of hydrogen-bond acceptors (Lipinski definition) is 1. The number of amides is 1. The van der Waals surface area contributed by atoms with E-state index in [0.717, 1.165) is 20.8 Å². The highest BCUT2D eigenvalue weighted by Gasteiger charge is 2.38. The minimum Gasteiger partial charge on any atom is -0.347 e. The van der Waals surface area contributed by atoms with Crippen LogP contribution in [0.15, 0.2) is 40.9 Å². The van der Waals surface area contributed by atoms with Gasteiger partial charge in [-0.1, -0.05) is 28.1 Å². The Morgan fingerprint density at radius 3 is 2.50 bits per heavy atom. The van der Waals surface area contributed by atoms with Gasteiger partial charge in [0.2, 0.25) is 0 Å². The van der Waals surface area contributed by atoms with E-state index in [2.05, 4.69) is 41.2 Å². The highest BCUT2D eigenvalue weighted by Crippen LogP contribution is 2.39. The summed E-state index contributed by atoms with van der Waals surface area (Å²) in [5, 5.41) is 5.39. The van der Waals surface area contributed by atoms with E-state index in [1.807, 2.05) is 30.3 Å². The van der Waals surface area contributed by atoms with Gasteiger partial charge in [0.25, 0.3) is 5.91 Å². The standard InChI is InChI=1S/C17H18BrNO/c1-17(2,14-6-7-14)19-16(20)13-4-3-12-10-15(18)8-5-11(12)9-13/h3-5,8-10,14H,6-7H2,1-2H3,(H,19,20). The predicted molar refractivity (Wildman–Crippen MR) is 85.9 cm³/mol.